The van der Waals surface area contributed by atoms with Crippen molar-refractivity contribution in [2.45, 2.75) is 32.6 Å². The highest BCUT2D eigenvalue weighted by molar-refractivity contribution is 9.09. The molecule has 0 atom stereocenters. The minimum absolute atomic E-state index is 0.611. The highest BCUT2D eigenvalue weighted by atomic mass is 79.9. The molecule has 0 amide bonds. The quantitative estimate of drug-likeness (QED) is 0.775. The van der Waals surface area contributed by atoms with Gasteiger partial charge >= 0.3 is 10.2 Å². The van der Waals surface area contributed by atoms with E-state index >= 15 is 0 Å². The maximum Gasteiger partial charge on any atom is 0.301 e. The van der Waals surface area contributed by atoms with Gasteiger partial charge in [-0.2, -0.15) is 12.7 Å². The van der Waals surface area contributed by atoms with Crippen LogP contribution in [0.15, 0.2) is 24.3 Å². The van der Waals surface area contributed by atoms with E-state index in [9.17, 15) is 8.42 Å². The van der Waals surface area contributed by atoms with Crippen LogP contribution in [0.1, 0.15) is 31.7 Å². The fraction of sp³-hybridized carbons (Fsp3) is 0.600. The molecule has 0 bridgehead atoms. The highest BCUT2D eigenvalue weighted by Crippen LogP contribution is 2.21. The summed E-state index contributed by atoms with van der Waals surface area (Å²) >= 11 is 3.41. The molecular formula is C15H23BrN2O2S. The van der Waals surface area contributed by atoms with Crippen molar-refractivity contribution in [1.29, 1.82) is 0 Å². The van der Waals surface area contributed by atoms with Crippen LogP contribution in [0.25, 0.3) is 0 Å². The summed E-state index contributed by atoms with van der Waals surface area (Å²) in [7, 11) is -3.42. The van der Waals surface area contributed by atoms with Crippen LogP contribution in [0.3, 0.4) is 0 Å². The van der Waals surface area contributed by atoms with Gasteiger partial charge in [0.2, 0.25) is 0 Å². The number of nitrogens with zero attached hydrogens (tertiary/aromatic N) is 1. The van der Waals surface area contributed by atoms with E-state index in [1.54, 1.807) is 4.31 Å². The fourth-order valence-electron chi connectivity index (χ4n) is 2.50. The zero-order chi connectivity index (χ0) is 15.3. The van der Waals surface area contributed by atoms with Crippen molar-refractivity contribution in [2.75, 3.05) is 23.1 Å². The number of benzene rings is 1. The molecular weight excluding hydrogens is 352 g/mol. The molecule has 1 aromatic carbocycles. The van der Waals surface area contributed by atoms with E-state index in [1.807, 2.05) is 24.3 Å². The first kappa shape index (κ1) is 16.8. The predicted molar refractivity (Wildman–Crippen MR) is 91.1 cm³/mol. The summed E-state index contributed by atoms with van der Waals surface area (Å²) in [6.07, 6.45) is 3.86. The number of halogens is 1. The van der Waals surface area contributed by atoms with Crippen LogP contribution in [0.5, 0.6) is 0 Å². The summed E-state index contributed by atoms with van der Waals surface area (Å²) < 4.78 is 29.0. The normalized spacial score (nSPS) is 17.8. The SMILES string of the molecule is CC1CCN(S(=O)(=O)Nc2cccc(CCCBr)c2)CC1. The Bertz CT molecular complexity index is 555. The van der Waals surface area contributed by atoms with Crippen molar-refractivity contribution >= 4 is 31.8 Å². The minimum Gasteiger partial charge on any atom is -0.271 e. The summed E-state index contributed by atoms with van der Waals surface area (Å²) in [6.45, 7) is 3.39. The molecule has 1 aromatic rings. The maximum atomic E-state index is 12.4. The van der Waals surface area contributed by atoms with E-state index in [2.05, 4.69) is 27.6 Å². The van der Waals surface area contributed by atoms with Gasteiger partial charge in [-0.15, -0.1) is 0 Å². The molecule has 118 valence electrons. The van der Waals surface area contributed by atoms with E-state index in [1.165, 1.54) is 0 Å². The summed E-state index contributed by atoms with van der Waals surface area (Å²) in [5.74, 6) is 0.615. The van der Waals surface area contributed by atoms with Gasteiger partial charge in [0.1, 0.15) is 0 Å². The third kappa shape index (κ3) is 4.97. The number of nitrogens with one attached hydrogen (secondary N) is 1. The average molecular weight is 375 g/mol. The van der Waals surface area contributed by atoms with Crippen LogP contribution in [-0.4, -0.2) is 31.1 Å². The standard InChI is InChI=1S/C15H23BrN2O2S/c1-13-7-10-18(11-8-13)21(19,20)17-15-6-2-4-14(12-15)5-3-9-16/h2,4,6,12-13,17H,3,5,7-11H2,1H3. The Labute approximate surface area is 136 Å². The van der Waals surface area contributed by atoms with Crippen LogP contribution in [-0.2, 0) is 16.6 Å². The van der Waals surface area contributed by atoms with Crippen LogP contribution in [0.2, 0.25) is 0 Å². The Balaban J connectivity index is 2.02. The van der Waals surface area contributed by atoms with Gasteiger partial charge in [-0.3, -0.25) is 4.72 Å². The van der Waals surface area contributed by atoms with E-state index < -0.39 is 10.2 Å². The molecule has 1 aliphatic rings. The number of hydrogen-bond acceptors (Lipinski definition) is 2. The molecule has 4 nitrogen and oxygen atoms in total. The zero-order valence-corrected chi connectivity index (χ0v) is 14.8. The fourth-order valence-corrected chi connectivity index (χ4v) is 4.03. The Morgan fingerprint density at radius 3 is 2.71 bits per heavy atom. The lowest BCUT2D eigenvalue weighted by Gasteiger charge is -2.29. The van der Waals surface area contributed by atoms with Crippen molar-refractivity contribution in [3.05, 3.63) is 29.8 Å². The van der Waals surface area contributed by atoms with E-state index in [0.29, 0.717) is 24.7 Å². The molecule has 1 aliphatic heterocycles. The molecule has 2 rings (SSSR count). The number of rotatable bonds is 6. The second-order valence-electron chi connectivity index (χ2n) is 5.68. The van der Waals surface area contributed by atoms with Crippen molar-refractivity contribution in [1.82, 2.24) is 4.31 Å². The minimum atomic E-state index is -3.42. The molecule has 0 saturated carbocycles. The van der Waals surface area contributed by atoms with Gasteiger partial charge in [0, 0.05) is 18.4 Å². The molecule has 6 heteroatoms. The predicted octanol–water partition coefficient (Wildman–Crippen LogP) is 3.40. The third-order valence-corrected chi connectivity index (χ3v) is 5.95. The van der Waals surface area contributed by atoms with Gasteiger partial charge < -0.3 is 0 Å². The van der Waals surface area contributed by atoms with Crippen molar-refractivity contribution in [3.8, 4) is 0 Å². The maximum absolute atomic E-state index is 12.4. The Morgan fingerprint density at radius 2 is 2.05 bits per heavy atom. The third-order valence-electron chi connectivity index (χ3n) is 3.86. The first-order valence-corrected chi connectivity index (χ1v) is 10.0. The van der Waals surface area contributed by atoms with Gasteiger partial charge in [0.15, 0.2) is 0 Å². The van der Waals surface area contributed by atoms with Gasteiger partial charge in [0.05, 0.1) is 5.69 Å². The van der Waals surface area contributed by atoms with E-state index in [4.69, 9.17) is 0 Å². The molecule has 1 saturated heterocycles. The van der Waals surface area contributed by atoms with Gasteiger partial charge in [-0.05, 0) is 49.3 Å². The van der Waals surface area contributed by atoms with Crippen LogP contribution >= 0.6 is 15.9 Å². The molecule has 0 unspecified atom stereocenters. The summed E-state index contributed by atoms with van der Waals surface area (Å²) in [5.41, 5.74) is 1.81. The van der Waals surface area contributed by atoms with Crippen LogP contribution in [0, 0.1) is 5.92 Å². The molecule has 0 radical (unpaired) electrons. The number of hydrogen-bond donors (Lipinski definition) is 1. The van der Waals surface area contributed by atoms with E-state index in [0.717, 1.165) is 36.6 Å². The number of anilines is 1. The second-order valence-corrected chi connectivity index (χ2v) is 8.15. The lowest BCUT2D eigenvalue weighted by atomic mass is 10.0. The monoisotopic (exact) mass is 374 g/mol. The molecule has 0 aromatic heterocycles. The van der Waals surface area contributed by atoms with Crippen LogP contribution in [0.4, 0.5) is 5.69 Å². The van der Waals surface area contributed by atoms with Gasteiger partial charge in [0.25, 0.3) is 0 Å². The van der Waals surface area contributed by atoms with Crippen molar-refractivity contribution in [3.63, 3.8) is 0 Å². The molecule has 1 heterocycles. The smallest absolute Gasteiger partial charge is 0.271 e. The molecule has 0 spiro atoms. The zero-order valence-electron chi connectivity index (χ0n) is 12.4. The van der Waals surface area contributed by atoms with E-state index in [-0.39, 0.29) is 0 Å². The number of alkyl halides is 1. The highest BCUT2D eigenvalue weighted by Gasteiger charge is 2.26. The van der Waals surface area contributed by atoms with Gasteiger partial charge in [-0.1, -0.05) is 35.0 Å². The lowest BCUT2D eigenvalue weighted by Crippen LogP contribution is -2.41. The van der Waals surface area contributed by atoms with Crippen LogP contribution < -0.4 is 4.72 Å². The summed E-state index contributed by atoms with van der Waals surface area (Å²) in [5, 5.41) is 0.953. The lowest BCUT2D eigenvalue weighted by molar-refractivity contribution is 0.289. The number of aryl methyl sites for hydroxylation is 1. The molecule has 1 fully saturated rings. The summed E-state index contributed by atoms with van der Waals surface area (Å²) in [6, 6.07) is 7.66. The Morgan fingerprint density at radius 1 is 1.33 bits per heavy atom. The first-order valence-electron chi connectivity index (χ1n) is 7.44. The van der Waals surface area contributed by atoms with Crippen molar-refractivity contribution in [2.24, 2.45) is 5.92 Å². The second kappa shape index (κ2) is 7.61. The van der Waals surface area contributed by atoms with Crippen molar-refractivity contribution < 1.29 is 8.42 Å². The van der Waals surface area contributed by atoms with Gasteiger partial charge in [-0.25, -0.2) is 0 Å². The largest absolute Gasteiger partial charge is 0.301 e. The summed E-state index contributed by atoms with van der Waals surface area (Å²) in [4.78, 5) is 0. The average Bonchev–Trinajstić information content (AvgIpc) is 2.45. The Kier molecular flexibility index (Phi) is 6.08. The molecule has 21 heavy (non-hydrogen) atoms. The topological polar surface area (TPSA) is 49.4 Å². The first-order chi connectivity index (χ1) is 10.0. The molecule has 1 N–H and O–H groups in total. The Hall–Kier alpha value is -0.590. The number of piperidine rings is 1. The molecule has 0 aliphatic carbocycles.